The standard InChI is InChI=1S/C16H16OSe/c1-12-6-5-7-13-10-14(17-16(12)13)11-18-15-8-3-2-4-9-15/h2-9,14H,10-11H2,1H3. The van der Waals surface area contributed by atoms with E-state index in [-0.39, 0.29) is 0 Å². The monoisotopic (exact) mass is 304 g/mol. The molecule has 1 unspecified atom stereocenters. The van der Waals surface area contributed by atoms with Crippen molar-refractivity contribution >= 4 is 19.4 Å². The molecule has 18 heavy (non-hydrogen) atoms. The van der Waals surface area contributed by atoms with Gasteiger partial charge in [-0.3, -0.25) is 0 Å². The molecule has 0 saturated heterocycles. The molecule has 2 aromatic carbocycles. The first-order valence-corrected chi connectivity index (χ1v) is 8.33. The maximum absolute atomic E-state index is 6.08. The Kier molecular flexibility index (Phi) is 3.40. The number of rotatable bonds is 3. The number of benzene rings is 2. The molecule has 92 valence electrons. The van der Waals surface area contributed by atoms with Crippen LogP contribution in [0.25, 0.3) is 0 Å². The second-order valence-electron chi connectivity index (χ2n) is 4.63. The van der Waals surface area contributed by atoms with Crippen molar-refractivity contribution in [3.8, 4) is 5.75 Å². The van der Waals surface area contributed by atoms with E-state index in [0.29, 0.717) is 21.1 Å². The van der Waals surface area contributed by atoms with Gasteiger partial charge in [-0.15, -0.1) is 0 Å². The molecular formula is C16H16OSe. The van der Waals surface area contributed by atoms with Crippen LogP contribution in [0.3, 0.4) is 0 Å². The molecular weight excluding hydrogens is 287 g/mol. The molecule has 1 aliphatic heterocycles. The van der Waals surface area contributed by atoms with E-state index in [4.69, 9.17) is 4.74 Å². The Bertz CT molecular complexity index is 536. The van der Waals surface area contributed by atoms with Gasteiger partial charge in [0.05, 0.1) is 0 Å². The van der Waals surface area contributed by atoms with Gasteiger partial charge in [-0.1, -0.05) is 0 Å². The third-order valence-electron chi connectivity index (χ3n) is 3.20. The van der Waals surface area contributed by atoms with Gasteiger partial charge >= 0.3 is 114 Å². The molecule has 1 nitrogen and oxygen atoms in total. The molecule has 0 N–H and O–H groups in total. The second-order valence-corrected chi connectivity index (χ2v) is 6.93. The van der Waals surface area contributed by atoms with E-state index in [1.54, 1.807) is 0 Å². The van der Waals surface area contributed by atoms with Crippen molar-refractivity contribution in [2.45, 2.75) is 24.8 Å². The summed E-state index contributed by atoms with van der Waals surface area (Å²) < 4.78 is 7.53. The Morgan fingerprint density at radius 1 is 1.11 bits per heavy atom. The summed E-state index contributed by atoms with van der Waals surface area (Å²) in [6, 6.07) is 17.2. The Labute approximate surface area is 114 Å². The van der Waals surface area contributed by atoms with Crippen molar-refractivity contribution in [2.75, 3.05) is 0 Å². The van der Waals surface area contributed by atoms with Crippen molar-refractivity contribution in [3.63, 3.8) is 0 Å². The fourth-order valence-corrected chi connectivity index (χ4v) is 4.21. The van der Waals surface area contributed by atoms with Crippen molar-refractivity contribution in [1.82, 2.24) is 0 Å². The molecule has 0 spiro atoms. The topological polar surface area (TPSA) is 9.23 Å². The number of hydrogen-bond donors (Lipinski definition) is 0. The summed E-state index contributed by atoms with van der Waals surface area (Å²) in [7, 11) is 0. The van der Waals surface area contributed by atoms with Crippen molar-refractivity contribution in [3.05, 3.63) is 59.7 Å². The van der Waals surface area contributed by atoms with Gasteiger partial charge in [0.2, 0.25) is 0 Å². The summed E-state index contributed by atoms with van der Waals surface area (Å²) in [4.78, 5) is 0. The third-order valence-corrected chi connectivity index (χ3v) is 5.60. The third kappa shape index (κ3) is 2.45. The second kappa shape index (κ2) is 5.17. The predicted molar refractivity (Wildman–Crippen MR) is 75.9 cm³/mol. The minimum absolute atomic E-state index is 0.376. The van der Waals surface area contributed by atoms with Crippen LogP contribution in [0.15, 0.2) is 48.5 Å². The first-order chi connectivity index (χ1) is 8.83. The maximum atomic E-state index is 6.08. The van der Waals surface area contributed by atoms with Crippen LogP contribution >= 0.6 is 0 Å². The van der Waals surface area contributed by atoms with Crippen LogP contribution in [-0.2, 0) is 6.42 Å². The average molecular weight is 303 g/mol. The van der Waals surface area contributed by atoms with Crippen LogP contribution in [0.5, 0.6) is 5.75 Å². The number of hydrogen-bond acceptors (Lipinski definition) is 1. The number of para-hydroxylation sites is 1. The first-order valence-electron chi connectivity index (χ1n) is 6.26. The van der Waals surface area contributed by atoms with Crippen LogP contribution < -0.4 is 9.20 Å². The van der Waals surface area contributed by atoms with E-state index in [0.717, 1.165) is 17.5 Å². The summed E-state index contributed by atoms with van der Waals surface area (Å²) in [5.41, 5.74) is 2.64. The summed E-state index contributed by atoms with van der Waals surface area (Å²) in [5.74, 6) is 1.13. The van der Waals surface area contributed by atoms with Gasteiger partial charge in [0.1, 0.15) is 0 Å². The quantitative estimate of drug-likeness (QED) is 0.792. The molecule has 1 heterocycles. The van der Waals surface area contributed by atoms with Gasteiger partial charge < -0.3 is 0 Å². The van der Waals surface area contributed by atoms with Crippen molar-refractivity contribution in [2.24, 2.45) is 0 Å². The van der Waals surface area contributed by atoms with Gasteiger partial charge in [-0.2, -0.15) is 0 Å². The van der Waals surface area contributed by atoms with Crippen LogP contribution in [0, 0.1) is 6.92 Å². The zero-order chi connectivity index (χ0) is 12.4. The fraction of sp³-hybridized carbons (Fsp3) is 0.250. The molecule has 0 saturated carbocycles. The van der Waals surface area contributed by atoms with E-state index in [9.17, 15) is 0 Å². The molecule has 0 aliphatic carbocycles. The van der Waals surface area contributed by atoms with Crippen molar-refractivity contribution in [1.29, 1.82) is 0 Å². The predicted octanol–water partition coefficient (Wildman–Crippen LogP) is 2.75. The van der Waals surface area contributed by atoms with Crippen LogP contribution in [0.1, 0.15) is 11.1 Å². The summed E-state index contributed by atoms with van der Waals surface area (Å²) in [6.45, 7) is 2.13. The average Bonchev–Trinajstić information content (AvgIpc) is 2.82. The van der Waals surface area contributed by atoms with Crippen LogP contribution in [0.4, 0.5) is 0 Å². The van der Waals surface area contributed by atoms with Crippen molar-refractivity contribution < 1.29 is 4.74 Å². The fourth-order valence-electron chi connectivity index (χ4n) is 2.30. The van der Waals surface area contributed by atoms with Gasteiger partial charge in [-0.25, -0.2) is 0 Å². The van der Waals surface area contributed by atoms with E-state index < -0.39 is 0 Å². The van der Waals surface area contributed by atoms with Gasteiger partial charge in [0.25, 0.3) is 0 Å². The summed E-state index contributed by atoms with van der Waals surface area (Å²) in [6.07, 6.45) is 1.45. The molecule has 0 aromatic heterocycles. The molecule has 0 fully saturated rings. The summed E-state index contributed by atoms with van der Waals surface area (Å²) in [5, 5.41) is 1.16. The number of aryl methyl sites for hydroxylation is 1. The van der Waals surface area contributed by atoms with Gasteiger partial charge in [0, 0.05) is 0 Å². The molecule has 3 rings (SSSR count). The Morgan fingerprint density at radius 3 is 2.72 bits per heavy atom. The van der Waals surface area contributed by atoms with E-state index >= 15 is 0 Å². The zero-order valence-electron chi connectivity index (χ0n) is 10.4. The Hall–Kier alpha value is -1.24. The van der Waals surface area contributed by atoms with Gasteiger partial charge in [-0.05, 0) is 0 Å². The first kappa shape index (κ1) is 11.8. The summed E-state index contributed by atoms with van der Waals surface area (Å²) >= 11 is 0.516. The molecule has 0 radical (unpaired) electrons. The Balaban J connectivity index is 1.63. The molecule has 1 aliphatic rings. The van der Waals surface area contributed by atoms with E-state index in [1.807, 2.05) is 0 Å². The molecule has 0 bridgehead atoms. The van der Waals surface area contributed by atoms with Crippen LogP contribution in [-0.4, -0.2) is 21.1 Å². The van der Waals surface area contributed by atoms with E-state index in [2.05, 4.69) is 55.5 Å². The molecule has 2 aromatic rings. The Morgan fingerprint density at radius 2 is 1.94 bits per heavy atom. The minimum atomic E-state index is 0.376. The van der Waals surface area contributed by atoms with Gasteiger partial charge in [0.15, 0.2) is 0 Å². The normalized spacial score (nSPS) is 17.3. The van der Waals surface area contributed by atoms with Crippen LogP contribution in [0.2, 0.25) is 5.32 Å². The zero-order valence-corrected chi connectivity index (χ0v) is 12.1. The number of ether oxygens (including phenoxy) is 1. The van der Waals surface area contributed by atoms with E-state index in [1.165, 1.54) is 15.6 Å². The SMILES string of the molecule is Cc1cccc2c1OC(C[Se]c1ccccc1)C2. The number of fused-ring (bicyclic) bond motifs is 1. The molecule has 1 atom stereocenters. The molecule has 0 amide bonds. The molecule has 2 heteroatoms.